The molecule has 0 bridgehead atoms. The summed E-state index contributed by atoms with van der Waals surface area (Å²) in [6, 6.07) is 6.20. The molecule has 1 aromatic carbocycles. The van der Waals surface area contributed by atoms with Crippen LogP contribution in [0.4, 0.5) is 4.39 Å². The van der Waals surface area contributed by atoms with Crippen LogP contribution in [0.1, 0.15) is 10.7 Å². The Morgan fingerprint density at radius 2 is 2.00 bits per heavy atom. The van der Waals surface area contributed by atoms with Gasteiger partial charge in [-0.05, 0) is 31.5 Å². The molecule has 0 spiro atoms. The molecular formula is C17H15FN2OS. The minimum Gasteiger partial charge on any atom is -0.292 e. The number of nitrogens with zero attached hydrogens (tertiary/aromatic N) is 2. The number of hydrogen-bond donors (Lipinski definition) is 0. The van der Waals surface area contributed by atoms with E-state index in [0.717, 1.165) is 20.8 Å². The van der Waals surface area contributed by atoms with Crippen LogP contribution in [-0.2, 0) is 6.54 Å². The van der Waals surface area contributed by atoms with Crippen LogP contribution in [0.3, 0.4) is 0 Å². The van der Waals surface area contributed by atoms with Gasteiger partial charge in [-0.25, -0.2) is 9.37 Å². The van der Waals surface area contributed by atoms with Crippen molar-refractivity contribution in [2.75, 3.05) is 0 Å². The van der Waals surface area contributed by atoms with E-state index in [1.165, 1.54) is 23.5 Å². The Bertz CT molecular complexity index is 922. The quantitative estimate of drug-likeness (QED) is 0.683. The van der Waals surface area contributed by atoms with Crippen molar-refractivity contribution in [3.63, 3.8) is 0 Å². The first kappa shape index (κ1) is 14.7. The summed E-state index contributed by atoms with van der Waals surface area (Å²) in [5.41, 5.74) is 1.60. The number of fused-ring (bicyclic) bond motifs is 1. The van der Waals surface area contributed by atoms with Gasteiger partial charge in [-0.3, -0.25) is 9.36 Å². The molecule has 5 heteroatoms. The van der Waals surface area contributed by atoms with Gasteiger partial charge in [0.25, 0.3) is 5.56 Å². The third-order valence-electron chi connectivity index (χ3n) is 3.62. The molecule has 2 aromatic heterocycles. The lowest BCUT2D eigenvalue weighted by molar-refractivity contribution is 0.628. The molecule has 0 aliphatic carbocycles. The van der Waals surface area contributed by atoms with Gasteiger partial charge in [-0.15, -0.1) is 17.9 Å². The van der Waals surface area contributed by atoms with E-state index < -0.39 is 0 Å². The Morgan fingerprint density at radius 1 is 1.32 bits per heavy atom. The Balaban J connectivity index is 2.37. The molecule has 0 saturated heterocycles. The highest BCUT2D eigenvalue weighted by molar-refractivity contribution is 7.19. The van der Waals surface area contributed by atoms with Crippen molar-refractivity contribution in [1.29, 1.82) is 0 Å². The maximum absolute atomic E-state index is 13.2. The van der Waals surface area contributed by atoms with Crippen molar-refractivity contribution in [3.05, 3.63) is 63.8 Å². The minimum atomic E-state index is -0.293. The molecule has 112 valence electrons. The normalized spacial score (nSPS) is 11.0. The number of aromatic nitrogens is 2. The van der Waals surface area contributed by atoms with Gasteiger partial charge in [0, 0.05) is 17.0 Å². The largest absolute Gasteiger partial charge is 0.292 e. The predicted molar refractivity (Wildman–Crippen MR) is 88.9 cm³/mol. The lowest BCUT2D eigenvalue weighted by atomic mass is 10.0. The molecule has 0 aliphatic heterocycles. The molecule has 0 N–H and O–H groups in total. The van der Waals surface area contributed by atoms with Gasteiger partial charge in [-0.1, -0.05) is 18.2 Å². The smallest absolute Gasteiger partial charge is 0.263 e. The molecular weight excluding hydrogens is 299 g/mol. The van der Waals surface area contributed by atoms with Crippen molar-refractivity contribution in [1.82, 2.24) is 9.55 Å². The topological polar surface area (TPSA) is 34.9 Å². The third-order valence-corrected chi connectivity index (χ3v) is 4.62. The number of rotatable bonds is 3. The number of aryl methyl sites for hydroxylation is 2. The predicted octanol–water partition coefficient (Wildman–Crippen LogP) is 4.07. The number of halogens is 1. The minimum absolute atomic E-state index is 0.0777. The number of thiophene rings is 1. The van der Waals surface area contributed by atoms with Gasteiger partial charge >= 0.3 is 0 Å². The zero-order valence-corrected chi connectivity index (χ0v) is 13.2. The Labute approximate surface area is 131 Å². The van der Waals surface area contributed by atoms with Gasteiger partial charge in [0.2, 0.25) is 0 Å². The van der Waals surface area contributed by atoms with Gasteiger partial charge < -0.3 is 0 Å². The molecule has 0 atom stereocenters. The van der Waals surface area contributed by atoms with E-state index in [9.17, 15) is 9.18 Å². The maximum atomic E-state index is 13.2. The Kier molecular flexibility index (Phi) is 3.66. The van der Waals surface area contributed by atoms with Crippen LogP contribution in [0.5, 0.6) is 0 Å². The summed E-state index contributed by atoms with van der Waals surface area (Å²) >= 11 is 1.49. The molecule has 3 nitrogen and oxygen atoms in total. The van der Waals surface area contributed by atoms with Crippen molar-refractivity contribution in [3.8, 4) is 11.1 Å². The van der Waals surface area contributed by atoms with Crippen LogP contribution >= 0.6 is 11.3 Å². The van der Waals surface area contributed by atoms with Crippen LogP contribution in [0.15, 0.2) is 41.7 Å². The average Bonchev–Trinajstić information content (AvgIpc) is 2.80. The maximum Gasteiger partial charge on any atom is 0.263 e. The van der Waals surface area contributed by atoms with Gasteiger partial charge in [0.15, 0.2) is 0 Å². The average molecular weight is 314 g/mol. The van der Waals surface area contributed by atoms with Gasteiger partial charge in [-0.2, -0.15) is 0 Å². The SMILES string of the molecule is C=CCn1c(C)nc2sc(C)c(-c3ccc(F)cc3)c2c1=O. The standard InChI is InChI=1S/C17H15FN2OS/c1-4-9-20-11(3)19-16-15(17(20)21)14(10(2)22-16)12-5-7-13(18)8-6-12/h4-8H,1,9H2,2-3H3. The molecule has 0 amide bonds. The zero-order valence-electron chi connectivity index (χ0n) is 12.4. The van der Waals surface area contributed by atoms with E-state index in [2.05, 4.69) is 11.6 Å². The third kappa shape index (κ3) is 2.27. The lowest BCUT2D eigenvalue weighted by Crippen LogP contribution is -2.23. The highest BCUT2D eigenvalue weighted by Crippen LogP contribution is 2.35. The molecule has 0 saturated carbocycles. The summed E-state index contributed by atoms with van der Waals surface area (Å²) in [7, 11) is 0. The molecule has 0 fully saturated rings. The molecule has 3 aromatic rings. The van der Waals surface area contributed by atoms with Crippen molar-refractivity contribution in [2.45, 2.75) is 20.4 Å². The van der Waals surface area contributed by atoms with Crippen LogP contribution in [0, 0.1) is 19.7 Å². The molecule has 0 aliphatic rings. The first-order valence-electron chi connectivity index (χ1n) is 6.90. The van der Waals surface area contributed by atoms with Gasteiger partial charge in [0.05, 0.1) is 5.39 Å². The van der Waals surface area contributed by atoms with Crippen molar-refractivity contribution < 1.29 is 4.39 Å². The Hall–Kier alpha value is -2.27. The fourth-order valence-electron chi connectivity index (χ4n) is 2.60. The lowest BCUT2D eigenvalue weighted by Gasteiger charge is -2.07. The summed E-state index contributed by atoms with van der Waals surface area (Å²) in [6.07, 6.45) is 1.68. The number of benzene rings is 1. The van der Waals surface area contributed by atoms with E-state index in [0.29, 0.717) is 17.8 Å². The second kappa shape index (κ2) is 5.50. The number of hydrogen-bond acceptors (Lipinski definition) is 3. The van der Waals surface area contributed by atoms with E-state index in [4.69, 9.17) is 0 Å². The number of allylic oxidation sites excluding steroid dienone is 1. The summed E-state index contributed by atoms with van der Waals surface area (Å²) in [4.78, 5) is 19.1. The van der Waals surface area contributed by atoms with E-state index in [-0.39, 0.29) is 11.4 Å². The molecule has 0 radical (unpaired) electrons. The Morgan fingerprint density at radius 3 is 2.64 bits per heavy atom. The fraction of sp³-hybridized carbons (Fsp3) is 0.176. The van der Waals surface area contributed by atoms with Crippen LogP contribution < -0.4 is 5.56 Å². The summed E-state index contributed by atoms with van der Waals surface area (Å²) < 4.78 is 14.8. The summed E-state index contributed by atoms with van der Waals surface area (Å²) in [5.74, 6) is 0.378. The molecule has 22 heavy (non-hydrogen) atoms. The van der Waals surface area contributed by atoms with E-state index in [1.54, 1.807) is 22.8 Å². The van der Waals surface area contributed by atoms with Crippen LogP contribution in [0.2, 0.25) is 0 Å². The van der Waals surface area contributed by atoms with Crippen molar-refractivity contribution >= 4 is 21.6 Å². The van der Waals surface area contributed by atoms with Crippen LogP contribution in [-0.4, -0.2) is 9.55 Å². The fourth-order valence-corrected chi connectivity index (χ4v) is 3.69. The van der Waals surface area contributed by atoms with Crippen LogP contribution in [0.25, 0.3) is 21.3 Å². The first-order valence-corrected chi connectivity index (χ1v) is 7.72. The molecule has 2 heterocycles. The highest BCUT2D eigenvalue weighted by Gasteiger charge is 2.18. The first-order chi connectivity index (χ1) is 10.5. The van der Waals surface area contributed by atoms with Gasteiger partial charge in [0.1, 0.15) is 16.5 Å². The summed E-state index contributed by atoms with van der Waals surface area (Å²) in [6.45, 7) is 7.88. The second-order valence-corrected chi connectivity index (χ2v) is 6.29. The summed E-state index contributed by atoms with van der Waals surface area (Å²) in [5, 5.41) is 0.599. The van der Waals surface area contributed by atoms with E-state index >= 15 is 0 Å². The second-order valence-electron chi connectivity index (χ2n) is 5.08. The molecule has 0 unspecified atom stereocenters. The monoisotopic (exact) mass is 314 g/mol. The van der Waals surface area contributed by atoms with E-state index in [1.807, 2.05) is 13.8 Å². The zero-order chi connectivity index (χ0) is 15.9. The molecule has 3 rings (SSSR count). The van der Waals surface area contributed by atoms with Crippen molar-refractivity contribution in [2.24, 2.45) is 0 Å². The highest BCUT2D eigenvalue weighted by atomic mass is 32.1.